The second-order valence-corrected chi connectivity index (χ2v) is 5.38. The van der Waals surface area contributed by atoms with Crippen LogP contribution in [-0.2, 0) is 12.8 Å². The molecule has 0 bridgehead atoms. The molecule has 2 aliphatic rings. The first kappa shape index (κ1) is 10.3. The zero-order chi connectivity index (χ0) is 11.2. The van der Waals surface area contributed by atoms with Crippen LogP contribution in [0.4, 0.5) is 0 Å². The molecule has 3 rings (SSSR count). The molecule has 2 nitrogen and oxygen atoms in total. The largest absolute Gasteiger partial charge is 0.396 e. The van der Waals surface area contributed by atoms with Crippen LogP contribution in [0.1, 0.15) is 42.0 Å². The van der Waals surface area contributed by atoms with Crippen molar-refractivity contribution in [3.63, 3.8) is 0 Å². The first-order valence-corrected chi connectivity index (χ1v) is 6.23. The number of fused-ring (bicyclic) bond motifs is 1. The highest BCUT2D eigenvalue weighted by molar-refractivity contribution is 5.37. The van der Waals surface area contributed by atoms with Crippen LogP contribution in [0.15, 0.2) is 18.2 Å². The molecule has 1 unspecified atom stereocenters. The number of hydrogen-bond acceptors (Lipinski definition) is 2. The molecule has 2 aliphatic carbocycles. The van der Waals surface area contributed by atoms with Gasteiger partial charge in [0, 0.05) is 11.5 Å². The van der Waals surface area contributed by atoms with E-state index in [4.69, 9.17) is 5.73 Å². The van der Waals surface area contributed by atoms with E-state index in [1.165, 1.54) is 36.0 Å². The van der Waals surface area contributed by atoms with E-state index >= 15 is 0 Å². The summed E-state index contributed by atoms with van der Waals surface area (Å²) in [5.41, 5.74) is 10.5. The molecule has 86 valence electrons. The number of benzene rings is 1. The maximum absolute atomic E-state index is 9.40. The first-order chi connectivity index (χ1) is 7.75. The predicted molar refractivity (Wildman–Crippen MR) is 64.1 cm³/mol. The third-order valence-electron chi connectivity index (χ3n) is 4.35. The number of rotatable bonds is 3. The van der Waals surface area contributed by atoms with Crippen molar-refractivity contribution in [2.45, 2.75) is 38.1 Å². The van der Waals surface area contributed by atoms with Gasteiger partial charge in [-0.1, -0.05) is 18.2 Å². The van der Waals surface area contributed by atoms with Gasteiger partial charge in [-0.25, -0.2) is 0 Å². The van der Waals surface area contributed by atoms with E-state index in [2.05, 4.69) is 18.2 Å². The van der Waals surface area contributed by atoms with Crippen molar-refractivity contribution in [2.75, 3.05) is 6.61 Å². The van der Waals surface area contributed by atoms with E-state index < -0.39 is 0 Å². The Balaban J connectivity index is 1.89. The Hall–Kier alpha value is -0.860. The molecular formula is C14H19NO. The van der Waals surface area contributed by atoms with Crippen molar-refractivity contribution in [3.05, 3.63) is 34.9 Å². The first-order valence-electron chi connectivity index (χ1n) is 6.23. The zero-order valence-corrected chi connectivity index (χ0v) is 9.58. The molecule has 1 aromatic rings. The number of nitrogens with two attached hydrogens (primary N) is 1. The lowest BCUT2D eigenvalue weighted by Gasteiger charge is -2.22. The summed E-state index contributed by atoms with van der Waals surface area (Å²) in [5.74, 6) is 0. The summed E-state index contributed by atoms with van der Waals surface area (Å²) in [4.78, 5) is 0. The molecule has 0 spiro atoms. The van der Waals surface area contributed by atoms with E-state index in [0.29, 0.717) is 0 Å². The van der Waals surface area contributed by atoms with E-state index in [-0.39, 0.29) is 18.1 Å². The molecule has 3 N–H and O–H groups in total. The molecule has 0 amide bonds. The van der Waals surface area contributed by atoms with Crippen LogP contribution >= 0.6 is 0 Å². The Morgan fingerprint density at radius 3 is 2.69 bits per heavy atom. The molecule has 0 radical (unpaired) electrons. The average molecular weight is 217 g/mol. The summed E-state index contributed by atoms with van der Waals surface area (Å²) in [7, 11) is 0. The Morgan fingerprint density at radius 1 is 1.25 bits per heavy atom. The standard InChI is InChI=1S/C14H19NO/c15-13(14(9-16)6-7-14)12-5-4-10-2-1-3-11(10)8-12/h4-5,8,13,16H,1-3,6-7,9,15H2. The third kappa shape index (κ3) is 1.48. The second-order valence-electron chi connectivity index (χ2n) is 5.38. The van der Waals surface area contributed by atoms with Crippen LogP contribution < -0.4 is 5.73 Å². The normalized spacial score (nSPS) is 22.9. The van der Waals surface area contributed by atoms with Crippen LogP contribution in [0.2, 0.25) is 0 Å². The highest BCUT2D eigenvalue weighted by Gasteiger charge is 2.47. The smallest absolute Gasteiger partial charge is 0.0505 e. The quantitative estimate of drug-likeness (QED) is 0.813. The molecule has 2 heteroatoms. The number of hydrogen-bond donors (Lipinski definition) is 2. The van der Waals surface area contributed by atoms with Gasteiger partial charge in [0.05, 0.1) is 6.61 Å². The predicted octanol–water partition coefficient (Wildman–Crippen LogP) is 1.95. The van der Waals surface area contributed by atoms with Gasteiger partial charge in [0.1, 0.15) is 0 Å². The molecule has 0 aliphatic heterocycles. The molecule has 0 saturated heterocycles. The van der Waals surface area contributed by atoms with Gasteiger partial charge in [-0.15, -0.1) is 0 Å². The molecule has 0 aromatic heterocycles. The van der Waals surface area contributed by atoms with Crippen molar-refractivity contribution in [3.8, 4) is 0 Å². The molecule has 1 fully saturated rings. The van der Waals surface area contributed by atoms with Gasteiger partial charge in [0.25, 0.3) is 0 Å². The van der Waals surface area contributed by atoms with Crippen LogP contribution in [0.5, 0.6) is 0 Å². The second kappa shape index (κ2) is 3.57. The highest BCUT2D eigenvalue weighted by Crippen LogP contribution is 2.53. The van der Waals surface area contributed by atoms with Crippen molar-refractivity contribution >= 4 is 0 Å². The Bertz CT molecular complexity index is 409. The number of aliphatic hydroxyl groups is 1. The summed E-state index contributed by atoms with van der Waals surface area (Å²) in [6, 6.07) is 6.67. The van der Waals surface area contributed by atoms with Crippen LogP contribution in [0.25, 0.3) is 0 Å². The summed E-state index contributed by atoms with van der Waals surface area (Å²) >= 11 is 0. The van der Waals surface area contributed by atoms with Crippen LogP contribution in [0, 0.1) is 5.41 Å². The summed E-state index contributed by atoms with van der Waals surface area (Å²) < 4.78 is 0. The fourth-order valence-electron chi connectivity index (χ4n) is 2.87. The topological polar surface area (TPSA) is 46.2 Å². The summed E-state index contributed by atoms with van der Waals surface area (Å²) in [6.07, 6.45) is 5.83. The maximum atomic E-state index is 9.40. The van der Waals surface area contributed by atoms with Crippen molar-refractivity contribution < 1.29 is 5.11 Å². The fourth-order valence-corrected chi connectivity index (χ4v) is 2.87. The van der Waals surface area contributed by atoms with E-state index in [0.717, 1.165) is 12.8 Å². The Kier molecular flexibility index (Phi) is 2.30. The van der Waals surface area contributed by atoms with Gasteiger partial charge in [0.15, 0.2) is 0 Å². The molecule has 1 atom stereocenters. The van der Waals surface area contributed by atoms with Gasteiger partial charge in [0.2, 0.25) is 0 Å². The van der Waals surface area contributed by atoms with Gasteiger partial charge in [-0.05, 0) is 48.8 Å². The van der Waals surface area contributed by atoms with Gasteiger partial charge in [-0.3, -0.25) is 0 Å². The van der Waals surface area contributed by atoms with Crippen molar-refractivity contribution in [1.29, 1.82) is 0 Å². The van der Waals surface area contributed by atoms with Gasteiger partial charge >= 0.3 is 0 Å². The summed E-state index contributed by atoms with van der Waals surface area (Å²) in [5, 5.41) is 9.40. The Morgan fingerprint density at radius 2 is 2.00 bits per heavy atom. The molecular weight excluding hydrogens is 198 g/mol. The number of aryl methyl sites for hydroxylation is 2. The summed E-state index contributed by atoms with van der Waals surface area (Å²) in [6.45, 7) is 0.227. The maximum Gasteiger partial charge on any atom is 0.0505 e. The van der Waals surface area contributed by atoms with Crippen LogP contribution in [-0.4, -0.2) is 11.7 Å². The lowest BCUT2D eigenvalue weighted by molar-refractivity contribution is 0.187. The van der Waals surface area contributed by atoms with Crippen molar-refractivity contribution in [2.24, 2.45) is 11.1 Å². The van der Waals surface area contributed by atoms with Gasteiger partial charge in [-0.2, -0.15) is 0 Å². The minimum Gasteiger partial charge on any atom is -0.396 e. The van der Waals surface area contributed by atoms with E-state index in [1.807, 2.05) is 0 Å². The number of aliphatic hydroxyl groups excluding tert-OH is 1. The average Bonchev–Trinajstić information content (AvgIpc) is 2.98. The minimum atomic E-state index is -0.00710. The molecule has 1 aromatic carbocycles. The Labute approximate surface area is 96.5 Å². The van der Waals surface area contributed by atoms with Crippen LogP contribution in [0.3, 0.4) is 0 Å². The van der Waals surface area contributed by atoms with E-state index in [9.17, 15) is 5.11 Å². The lowest BCUT2D eigenvalue weighted by Crippen LogP contribution is -2.25. The highest BCUT2D eigenvalue weighted by atomic mass is 16.3. The van der Waals surface area contributed by atoms with Gasteiger partial charge < -0.3 is 10.8 Å². The fraction of sp³-hybridized carbons (Fsp3) is 0.571. The third-order valence-corrected chi connectivity index (χ3v) is 4.35. The molecule has 0 heterocycles. The lowest BCUT2D eigenvalue weighted by atomic mass is 9.90. The molecule has 16 heavy (non-hydrogen) atoms. The van der Waals surface area contributed by atoms with Crippen molar-refractivity contribution in [1.82, 2.24) is 0 Å². The molecule has 1 saturated carbocycles. The zero-order valence-electron chi connectivity index (χ0n) is 9.58. The minimum absolute atomic E-state index is 0.00710. The SMILES string of the molecule is NC(c1ccc2c(c1)CCC2)C1(CO)CC1. The van der Waals surface area contributed by atoms with E-state index in [1.54, 1.807) is 0 Å². The monoisotopic (exact) mass is 217 g/mol.